The van der Waals surface area contributed by atoms with Gasteiger partial charge in [0.25, 0.3) is 0 Å². The van der Waals surface area contributed by atoms with Crippen molar-refractivity contribution in [2.45, 2.75) is 19.8 Å². The predicted octanol–water partition coefficient (Wildman–Crippen LogP) is 4.81. The molecule has 1 aromatic carbocycles. The Labute approximate surface area is 108 Å². The quantitative estimate of drug-likeness (QED) is 0.801. The van der Waals surface area contributed by atoms with Gasteiger partial charge < -0.3 is 5.11 Å². The van der Waals surface area contributed by atoms with E-state index in [0.717, 1.165) is 29.6 Å². The van der Waals surface area contributed by atoms with Gasteiger partial charge in [-0.25, -0.2) is 0 Å². The fraction of sp³-hybridized carbons (Fsp3) is 0.176. The summed E-state index contributed by atoms with van der Waals surface area (Å²) in [4.78, 5) is 0. The molecule has 0 bridgehead atoms. The Morgan fingerprint density at radius 1 is 1.22 bits per heavy atom. The van der Waals surface area contributed by atoms with Crippen molar-refractivity contribution in [3.8, 4) is 0 Å². The van der Waals surface area contributed by atoms with Gasteiger partial charge in [0.05, 0.1) is 0 Å². The highest BCUT2D eigenvalue weighted by atomic mass is 16.3. The molecule has 18 heavy (non-hydrogen) atoms. The molecule has 0 radical (unpaired) electrons. The summed E-state index contributed by atoms with van der Waals surface area (Å²) < 4.78 is 0. The minimum Gasteiger partial charge on any atom is -0.507 e. The fourth-order valence-corrected chi connectivity index (χ4v) is 2.03. The van der Waals surface area contributed by atoms with E-state index in [1.54, 1.807) is 6.08 Å². The van der Waals surface area contributed by atoms with Crippen molar-refractivity contribution >= 4 is 5.57 Å². The number of rotatable bonds is 3. The van der Waals surface area contributed by atoms with E-state index in [1.807, 2.05) is 36.4 Å². The average molecular weight is 238 g/mol. The van der Waals surface area contributed by atoms with Gasteiger partial charge >= 0.3 is 0 Å². The number of hydrogen-bond acceptors (Lipinski definition) is 1. The van der Waals surface area contributed by atoms with E-state index in [4.69, 9.17) is 0 Å². The highest BCUT2D eigenvalue weighted by Gasteiger charge is 2.11. The number of benzene rings is 1. The van der Waals surface area contributed by atoms with Crippen LogP contribution in [0.5, 0.6) is 0 Å². The third-order valence-electron chi connectivity index (χ3n) is 3.22. The molecule has 0 spiro atoms. The van der Waals surface area contributed by atoms with Crippen LogP contribution in [0.3, 0.4) is 0 Å². The van der Waals surface area contributed by atoms with Gasteiger partial charge in [-0.2, -0.15) is 0 Å². The van der Waals surface area contributed by atoms with Crippen LogP contribution in [0, 0.1) is 0 Å². The summed E-state index contributed by atoms with van der Waals surface area (Å²) in [6.45, 7) is 6.23. The molecule has 0 saturated carbocycles. The summed E-state index contributed by atoms with van der Waals surface area (Å²) in [5, 5.41) is 10.1. The minimum atomic E-state index is 0.298. The largest absolute Gasteiger partial charge is 0.507 e. The Hall–Kier alpha value is -2.02. The SMILES string of the molecule is C=C(C1=CCC(CC)=CC=C1O)c1ccccc1. The third kappa shape index (κ3) is 2.62. The van der Waals surface area contributed by atoms with Gasteiger partial charge in [0.2, 0.25) is 0 Å². The van der Waals surface area contributed by atoms with E-state index >= 15 is 0 Å². The van der Waals surface area contributed by atoms with E-state index in [-0.39, 0.29) is 0 Å². The maximum absolute atomic E-state index is 10.1. The van der Waals surface area contributed by atoms with Crippen LogP contribution >= 0.6 is 0 Å². The lowest BCUT2D eigenvalue weighted by Gasteiger charge is -2.10. The van der Waals surface area contributed by atoms with Crippen LogP contribution in [0.25, 0.3) is 5.57 Å². The van der Waals surface area contributed by atoms with Crippen molar-refractivity contribution < 1.29 is 5.11 Å². The first-order valence-corrected chi connectivity index (χ1v) is 6.26. The molecule has 92 valence electrons. The van der Waals surface area contributed by atoms with Crippen LogP contribution in [-0.2, 0) is 0 Å². The lowest BCUT2D eigenvalue weighted by molar-refractivity contribution is 0.427. The maximum Gasteiger partial charge on any atom is 0.123 e. The van der Waals surface area contributed by atoms with Gasteiger partial charge in [-0.3, -0.25) is 0 Å². The molecular weight excluding hydrogens is 220 g/mol. The number of allylic oxidation sites excluding steroid dienone is 5. The van der Waals surface area contributed by atoms with Crippen LogP contribution < -0.4 is 0 Å². The first-order chi connectivity index (χ1) is 8.72. The molecule has 0 aliphatic heterocycles. The molecule has 1 aliphatic rings. The van der Waals surface area contributed by atoms with Gasteiger partial charge in [-0.15, -0.1) is 0 Å². The zero-order chi connectivity index (χ0) is 13.0. The molecule has 2 rings (SSSR count). The average Bonchev–Trinajstić information content (AvgIpc) is 2.61. The molecular formula is C17H18O. The Bertz CT molecular complexity index is 530. The zero-order valence-electron chi connectivity index (χ0n) is 10.7. The predicted molar refractivity (Wildman–Crippen MR) is 77.3 cm³/mol. The van der Waals surface area contributed by atoms with Crippen molar-refractivity contribution in [1.29, 1.82) is 0 Å². The Balaban J connectivity index is 2.30. The second-order valence-corrected chi connectivity index (χ2v) is 4.40. The van der Waals surface area contributed by atoms with E-state index in [0.29, 0.717) is 5.76 Å². The van der Waals surface area contributed by atoms with E-state index in [9.17, 15) is 5.11 Å². The number of aliphatic hydroxyl groups is 1. The molecule has 1 N–H and O–H groups in total. The summed E-state index contributed by atoms with van der Waals surface area (Å²) in [6, 6.07) is 9.96. The first-order valence-electron chi connectivity index (χ1n) is 6.26. The molecule has 1 aromatic rings. The van der Waals surface area contributed by atoms with Crippen LogP contribution in [0.15, 0.2) is 72.0 Å². The molecule has 0 fully saturated rings. The summed E-state index contributed by atoms with van der Waals surface area (Å²) in [5.41, 5.74) is 4.07. The van der Waals surface area contributed by atoms with Crippen LogP contribution in [0.2, 0.25) is 0 Å². The monoisotopic (exact) mass is 238 g/mol. The molecule has 0 unspecified atom stereocenters. The third-order valence-corrected chi connectivity index (χ3v) is 3.22. The normalized spacial score (nSPS) is 15.3. The minimum absolute atomic E-state index is 0.298. The molecule has 0 saturated heterocycles. The van der Waals surface area contributed by atoms with Crippen molar-refractivity contribution in [2.75, 3.05) is 0 Å². The second-order valence-electron chi connectivity index (χ2n) is 4.40. The molecule has 1 aliphatic carbocycles. The van der Waals surface area contributed by atoms with Gasteiger partial charge in [0.1, 0.15) is 5.76 Å². The summed E-state index contributed by atoms with van der Waals surface area (Å²) in [7, 11) is 0. The van der Waals surface area contributed by atoms with Crippen molar-refractivity contribution in [1.82, 2.24) is 0 Å². The van der Waals surface area contributed by atoms with Crippen molar-refractivity contribution in [2.24, 2.45) is 0 Å². The molecule has 1 nitrogen and oxygen atoms in total. The maximum atomic E-state index is 10.1. The lowest BCUT2D eigenvalue weighted by Crippen LogP contribution is -1.92. The van der Waals surface area contributed by atoms with Gasteiger partial charge in [-0.05, 0) is 30.1 Å². The summed E-state index contributed by atoms with van der Waals surface area (Å²) >= 11 is 0. The topological polar surface area (TPSA) is 20.2 Å². The van der Waals surface area contributed by atoms with Crippen LogP contribution in [0.1, 0.15) is 25.3 Å². The van der Waals surface area contributed by atoms with E-state index in [1.165, 1.54) is 5.57 Å². The molecule has 0 amide bonds. The van der Waals surface area contributed by atoms with Crippen LogP contribution in [0.4, 0.5) is 0 Å². The highest BCUT2D eigenvalue weighted by molar-refractivity contribution is 5.81. The summed E-state index contributed by atoms with van der Waals surface area (Å²) in [5.74, 6) is 0.298. The molecule has 0 atom stereocenters. The number of hydrogen-bond donors (Lipinski definition) is 1. The standard InChI is InChI=1S/C17H18O/c1-3-14-9-11-16(17(18)12-10-14)13(2)15-7-5-4-6-8-15/h4-8,10-12,18H,2-3,9H2,1H3. The zero-order valence-corrected chi connectivity index (χ0v) is 10.7. The smallest absolute Gasteiger partial charge is 0.123 e. The Morgan fingerprint density at radius 3 is 2.61 bits per heavy atom. The van der Waals surface area contributed by atoms with E-state index < -0.39 is 0 Å². The summed E-state index contributed by atoms with van der Waals surface area (Å²) in [6.07, 6.45) is 7.70. The van der Waals surface area contributed by atoms with Crippen LogP contribution in [-0.4, -0.2) is 5.11 Å². The molecule has 1 heteroatoms. The fourth-order valence-electron chi connectivity index (χ4n) is 2.03. The highest BCUT2D eigenvalue weighted by Crippen LogP contribution is 2.29. The van der Waals surface area contributed by atoms with Gasteiger partial charge in [0.15, 0.2) is 0 Å². The molecule has 0 heterocycles. The van der Waals surface area contributed by atoms with E-state index in [2.05, 4.69) is 19.6 Å². The second kappa shape index (κ2) is 5.54. The van der Waals surface area contributed by atoms with Crippen molar-refractivity contribution in [3.63, 3.8) is 0 Å². The van der Waals surface area contributed by atoms with Gasteiger partial charge in [0, 0.05) is 5.57 Å². The van der Waals surface area contributed by atoms with Crippen molar-refractivity contribution in [3.05, 3.63) is 77.6 Å². The Morgan fingerprint density at radius 2 is 1.94 bits per heavy atom. The molecule has 0 aromatic heterocycles. The Kier molecular flexibility index (Phi) is 3.83. The number of aliphatic hydroxyl groups excluding tert-OH is 1. The first kappa shape index (κ1) is 12.4. The lowest BCUT2D eigenvalue weighted by atomic mass is 9.97. The van der Waals surface area contributed by atoms with Gasteiger partial charge in [-0.1, -0.05) is 61.6 Å².